The number of alkyl halides is 3. The Labute approximate surface area is 86.2 Å². The fourth-order valence-corrected chi connectivity index (χ4v) is 1.08. The summed E-state index contributed by atoms with van der Waals surface area (Å²) in [5, 5.41) is 2.13. The van der Waals surface area contributed by atoms with Gasteiger partial charge in [0, 0.05) is 21.1 Å². The van der Waals surface area contributed by atoms with Gasteiger partial charge in [0.1, 0.15) is 5.70 Å². The van der Waals surface area contributed by atoms with Gasteiger partial charge in [-0.1, -0.05) is 12.7 Å². The van der Waals surface area contributed by atoms with E-state index in [1.165, 1.54) is 21.1 Å². The van der Waals surface area contributed by atoms with E-state index in [-0.39, 0.29) is 0 Å². The molecule has 0 aliphatic rings. The van der Waals surface area contributed by atoms with Crippen molar-refractivity contribution < 1.29 is 18.0 Å². The van der Waals surface area contributed by atoms with Crippen LogP contribution in [0, 0.1) is 0 Å². The van der Waals surface area contributed by atoms with Crippen molar-refractivity contribution in [3.8, 4) is 0 Å². The SMILES string of the molecule is C=C/C(C(=O)NC)=C(\N(C)C)C(F)(F)F. The average Bonchev–Trinajstić information content (AvgIpc) is 2.09. The predicted octanol–water partition coefficient (Wildman–Crippen LogP) is 1.30. The summed E-state index contributed by atoms with van der Waals surface area (Å²) in [5.41, 5.74) is -1.51. The summed E-state index contributed by atoms with van der Waals surface area (Å²) in [6.45, 7) is 3.20. The molecule has 86 valence electrons. The summed E-state index contributed by atoms with van der Waals surface area (Å²) >= 11 is 0. The second kappa shape index (κ2) is 4.86. The summed E-state index contributed by atoms with van der Waals surface area (Å²) < 4.78 is 37.7. The summed E-state index contributed by atoms with van der Waals surface area (Å²) in [6, 6.07) is 0. The third-order valence-corrected chi connectivity index (χ3v) is 1.65. The van der Waals surface area contributed by atoms with Gasteiger partial charge in [0.05, 0.1) is 5.57 Å². The first-order valence-corrected chi connectivity index (χ1v) is 4.09. The molecule has 0 aromatic heterocycles. The largest absolute Gasteiger partial charge is 0.431 e. The number of allylic oxidation sites excluding steroid dienone is 1. The predicted molar refractivity (Wildman–Crippen MR) is 51.0 cm³/mol. The number of hydrogen-bond acceptors (Lipinski definition) is 2. The zero-order valence-corrected chi connectivity index (χ0v) is 8.77. The second-order valence-electron chi connectivity index (χ2n) is 2.94. The Morgan fingerprint density at radius 2 is 1.87 bits per heavy atom. The van der Waals surface area contributed by atoms with Gasteiger partial charge in [-0.25, -0.2) is 0 Å². The van der Waals surface area contributed by atoms with Crippen LogP contribution in [0.3, 0.4) is 0 Å². The minimum Gasteiger partial charge on any atom is -0.373 e. The molecule has 0 heterocycles. The van der Waals surface area contributed by atoms with E-state index in [0.29, 0.717) is 0 Å². The van der Waals surface area contributed by atoms with Gasteiger partial charge in [-0.05, 0) is 0 Å². The molecule has 0 bridgehead atoms. The lowest BCUT2D eigenvalue weighted by atomic mass is 10.1. The van der Waals surface area contributed by atoms with E-state index in [1.54, 1.807) is 0 Å². The van der Waals surface area contributed by atoms with Crippen molar-refractivity contribution in [2.45, 2.75) is 6.18 Å². The van der Waals surface area contributed by atoms with Crippen LogP contribution < -0.4 is 5.32 Å². The minimum absolute atomic E-state index is 0.491. The minimum atomic E-state index is -4.58. The highest BCUT2D eigenvalue weighted by Crippen LogP contribution is 2.30. The molecule has 0 unspecified atom stereocenters. The first-order valence-electron chi connectivity index (χ1n) is 4.09. The number of nitrogens with zero attached hydrogens (tertiary/aromatic N) is 1. The molecule has 0 saturated heterocycles. The van der Waals surface area contributed by atoms with Crippen molar-refractivity contribution in [1.29, 1.82) is 0 Å². The molecule has 15 heavy (non-hydrogen) atoms. The maximum absolute atomic E-state index is 12.6. The number of nitrogens with one attached hydrogen (secondary N) is 1. The summed E-state index contributed by atoms with van der Waals surface area (Å²) in [6.07, 6.45) is -3.69. The van der Waals surface area contributed by atoms with Gasteiger partial charge in [0.2, 0.25) is 0 Å². The molecule has 0 aromatic carbocycles. The molecule has 0 spiro atoms. The van der Waals surface area contributed by atoms with E-state index in [4.69, 9.17) is 0 Å². The van der Waals surface area contributed by atoms with E-state index in [9.17, 15) is 18.0 Å². The van der Waals surface area contributed by atoms with Crippen molar-refractivity contribution in [2.75, 3.05) is 21.1 Å². The second-order valence-corrected chi connectivity index (χ2v) is 2.94. The van der Waals surface area contributed by atoms with E-state index in [1.807, 2.05) is 0 Å². The van der Waals surface area contributed by atoms with Gasteiger partial charge in [-0.2, -0.15) is 13.2 Å². The van der Waals surface area contributed by atoms with E-state index in [0.717, 1.165) is 11.0 Å². The first-order chi connectivity index (χ1) is 6.75. The molecule has 1 amide bonds. The molecule has 0 aliphatic carbocycles. The Morgan fingerprint density at radius 1 is 1.40 bits per heavy atom. The first kappa shape index (κ1) is 13.5. The monoisotopic (exact) mass is 222 g/mol. The Hall–Kier alpha value is -1.46. The molecular formula is C9H13F3N2O. The number of halogens is 3. The molecule has 3 nitrogen and oxygen atoms in total. The van der Waals surface area contributed by atoms with Crippen LogP contribution in [0.25, 0.3) is 0 Å². The van der Waals surface area contributed by atoms with Crippen molar-refractivity contribution in [1.82, 2.24) is 10.2 Å². The van der Waals surface area contributed by atoms with Crippen molar-refractivity contribution in [2.24, 2.45) is 0 Å². The molecule has 0 saturated carbocycles. The molecular weight excluding hydrogens is 209 g/mol. The van der Waals surface area contributed by atoms with Gasteiger partial charge >= 0.3 is 6.18 Å². The fourth-order valence-electron chi connectivity index (χ4n) is 1.08. The van der Waals surface area contributed by atoms with E-state index < -0.39 is 23.4 Å². The highest BCUT2D eigenvalue weighted by molar-refractivity contribution is 5.96. The molecule has 0 atom stereocenters. The Bertz CT molecular complexity index is 292. The maximum atomic E-state index is 12.6. The number of likely N-dealkylation sites (N-methyl/N-ethyl adjacent to an activating group) is 1. The maximum Gasteiger partial charge on any atom is 0.431 e. The van der Waals surface area contributed by atoms with Crippen LogP contribution in [-0.2, 0) is 4.79 Å². The van der Waals surface area contributed by atoms with Crippen molar-refractivity contribution >= 4 is 5.91 Å². The highest BCUT2D eigenvalue weighted by atomic mass is 19.4. The quantitative estimate of drug-likeness (QED) is 0.576. The molecule has 0 aliphatic heterocycles. The number of hydrogen-bond donors (Lipinski definition) is 1. The Balaban J connectivity index is 5.60. The van der Waals surface area contributed by atoms with Gasteiger partial charge < -0.3 is 10.2 Å². The molecule has 6 heteroatoms. The summed E-state index contributed by atoms with van der Waals surface area (Å²) in [5.74, 6) is -0.814. The lowest BCUT2D eigenvalue weighted by molar-refractivity contribution is -0.121. The molecule has 0 rings (SSSR count). The topological polar surface area (TPSA) is 32.3 Å². The Kier molecular flexibility index (Phi) is 4.39. The van der Waals surface area contributed by atoms with Crippen molar-refractivity contribution in [3.05, 3.63) is 23.9 Å². The highest BCUT2D eigenvalue weighted by Gasteiger charge is 2.38. The molecule has 1 N–H and O–H groups in total. The number of rotatable bonds is 3. The van der Waals surface area contributed by atoms with E-state index in [2.05, 4.69) is 11.9 Å². The van der Waals surface area contributed by atoms with Crippen LogP contribution in [0.5, 0.6) is 0 Å². The number of amides is 1. The molecule has 0 radical (unpaired) electrons. The normalized spacial score (nSPS) is 12.9. The standard InChI is InChI=1S/C9H13F3N2O/c1-5-6(8(15)13-2)7(14(3)4)9(10,11)12/h5H,1H2,2-4H3,(H,13,15)/b7-6+. The van der Waals surface area contributed by atoms with Gasteiger partial charge in [0.25, 0.3) is 5.91 Å². The smallest absolute Gasteiger partial charge is 0.373 e. The van der Waals surface area contributed by atoms with Crippen LogP contribution in [0.15, 0.2) is 23.9 Å². The zero-order chi connectivity index (χ0) is 12.2. The van der Waals surface area contributed by atoms with Crippen LogP contribution in [0.4, 0.5) is 13.2 Å². The number of carbonyl (C=O) groups excluding carboxylic acids is 1. The molecule has 0 fully saturated rings. The summed E-state index contributed by atoms with van der Waals surface area (Å²) in [4.78, 5) is 12.0. The third-order valence-electron chi connectivity index (χ3n) is 1.65. The van der Waals surface area contributed by atoms with Gasteiger partial charge in [-0.15, -0.1) is 0 Å². The van der Waals surface area contributed by atoms with Crippen LogP contribution in [0.2, 0.25) is 0 Å². The van der Waals surface area contributed by atoms with Gasteiger partial charge in [0.15, 0.2) is 0 Å². The van der Waals surface area contributed by atoms with Crippen LogP contribution in [0.1, 0.15) is 0 Å². The molecule has 0 aromatic rings. The fraction of sp³-hybridized carbons (Fsp3) is 0.444. The summed E-state index contributed by atoms with van der Waals surface area (Å²) in [7, 11) is 3.69. The number of carbonyl (C=O) groups is 1. The van der Waals surface area contributed by atoms with Gasteiger partial charge in [-0.3, -0.25) is 4.79 Å². The van der Waals surface area contributed by atoms with E-state index >= 15 is 0 Å². The third kappa shape index (κ3) is 3.30. The zero-order valence-electron chi connectivity index (χ0n) is 8.77. The average molecular weight is 222 g/mol. The van der Waals surface area contributed by atoms with Crippen LogP contribution in [-0.4, -0.2) is 38.1 Å². The van der Waals surface area contributed by atoms with Crippen LogP contribution >= 0.6 is 0 Å². The lowest BCUT2D eigenvalue weighted by Gasteiger charge is -2.22. The van der Waals surface area contributed by atoms with Crippen molar-refractivity contribution in [3.63, 3.8) is 0 Å². The Morgan fingerprint density at radius 3 is 2.07 bits per heavy atom. The lowest BCUT2D eigenvalue weighted by Crippen LogP contribution is -2.31.